The van der Waals surface area contributed by atoms with Crippen molar-refractivity contribution in [2.45, 2.75) is 9.10 Å². The molecule has 1 nitrogen and oxygen atoms in total. The molecule has 0 aliphatic rings. The lowest BCUT2D eigenvalue weighted by Crippen LogP contribution is -1.82. The summed E-state index contributed by atoms with van der Waals surface area (Å²) < 4.78 is 2.52. The van der Waals surface area contributed by atoms with Gasteiger partial charge in [0.05, 0.1) is 4.21 Å². The monoisotopic (exact) mass is 227 g/mol. The largest absolute Gasteiger partial charge is 0.399 e. The Morgan fingerprint density at radius 2 is 2.15 bits per heavy atom. The lowest BCUT2D eigenvalue weighted by Gasteiger charge is -1.96. The summed E-state index contributed by atoms with van der Waals surface area (Å²) in [5.41, 5.74) is 6.51. The minimum atomic E-state index is 0.784. The van der Waals surface area contributed by atoms with Gasteiger partial charge in [-0.2, -0.15) is 0 Å². The Balaban J connectivity index is 2.75. The summed E-state index contributed by atoms with van der Waals surface area (Å²) in [6.07, 6.45) is 2.08. The van der Waals surface area contributed by atoms with E-state index in [4.69, 9.17) is 5.73 Å². The molecule has 2 rings (SSSR count). The number of thioether (sulfide) groups is 1. The molecule has 1 aromatic heterocycles. The smallest absolute Gasteiger partial charge is 0.0608 e. The summed E-state index contributed by atoms with van der Waals surface area (Å²) in [4.78, 5) is 0.964. The molecule has 0 spiro atoms. The van der Waals surface area contributed by atoms with Crippen molar-refractivity contribution in [2.24, 2.45) is 0 Å². The molecule has 2 N–H and O–H groups in total. The predicted molar refractivity (Wildman–Crippen MR) is 65.3 cm³/mol. The average Bonchev–Trinajstić information content (AvgIpc) is 2.47. The highest BCUT2D eigenvalue weighted by Crippen LogP contribution is 2.36. The number of rotatable bonds is 1. The van der Waals surface area contributed by atoms with Crippen molar-refractivity contribution >= 4 is 51.5 Å². The van der Waals surface area contributed by atoms with Crippen LogP contribution in [0.15, 0.2) is 27.3 Å². The van der Waals surface area contributed by atoms with Crippen LogP contribution in [-0.4, -0.2) is 6.26 Å². The number of nitrogen functional groups attached to an aromatic ring is 1. The van der Waals surface area contributed by atoms with E-state index in [1.165, 1.54) is 14.3 Å². The van der Waals surface area contributed by atoms with Gasteiger partial charge in [0.25, 0.3) is 0 Å². The molecule has 13 heavy (non-hydrogen) atoms. The van der Waals surface area contributed by atoms with Gasteiger partial charge in [0.1, 0.15) is 0 Å². The third-order valence-electron chi connectivity index (χ3n) is 1.82. The van der Waals surface area contributed by atoms with Crippen molar-refractivity contribution in [2.75, 3.05) is 12.0 Å². The second-order valence-corrected chi connectivity index (χ2v) is 5.39. The van der Waals surface area contributed by atoms with Crippen molar-refractivity contribution in [3.8, 4) is 0 Å². The number of anilines is 1. The van der Waals surface area contributed by atoms with Crippen molar-refractivity contribution in [3.63, 3.8) is 0 Å². The Morgan fingerprint density at radius 1 is 1.38 bits per heavy atom. The molecule has 0 bridgehead atoms. The molecule has 0 amide bonds. The van der Waals surface area contributed by atoms with Gasteiger partial charge in [0.2, 0.25) is 0 Å². The van der Waals surface area contributed by atoms with Crippen LogP contribution in [0.25, 0.3) is 10.1 Å². The normalized spacial score (nSPS) is 10.9. The summed E-state index contributed by atoms with van der Waals surface area (Å²) in [6, 6.07) is 6.05. The van der Waals surface area contributed by atoms with Crippen LogP contribution in [0.4, 0.5) is 5.69 Å². The van der Waals surface area contributed by atoms with Crippen molar-refractivity contribution < 1.29 is 0 Å². The molecule has 4 heteroatoms. The van der Waals surface area contributed by atoms with Gasteiger partial charge in [-0.3, -0.25) is 0 Å². The maximum atomic E-state index is 5.73. The van der Waals surface area contributed by atoms with Gasteiger partial charge in [0, 0.05) is 20.7 Å². The van der Waals surface area contributed by atoms with Crippen molar-refractivity contribution in [1.82, 2.24) is 0 Å². The highest BCUT2D eigenvalue weighted by molar-refractivity contribution is 8.00. The van der Waals surface area contributed by atoms with Gasteiger partial charge in [-0.1, -0.05) is 0 Å². The Bertz CT molecular complexity index is 447. The van der Waals surface area contributed by atoms with E-state index in [1.807, 2.05) is 12.1 Å². The van der Waals surface area contributed by atoms with Gasteiger partial charge < -0.3 is 5.73 Å². The van der Waals surface area contributed by atoms with Gasteiger partial charge >= 0.3 is 0 Å². The number of nitrogens with two attached hydrogens (primary N) is 1. The van der Waals surface area contributed by atoms with Crippen LogP contribution < -0.4 is 5.73 Å². The van der Waals surface area contributed by atoms with Crippen LogP contribution in [0.1, 0.15) is 0 Å². The molecule has 0 aliphatic carbocycles. The molecular formula is C9H9NS3. The van der Waals surface area contributed by atoms with Crippen LogP contribution in [0.3, 0.4) is 0 Å². The molecule has 0 radical (unpaired) electrons. The summed E-state index contributed by atoms with van der Waals surface area (Å²) in [5, 5.41) is 1.20. The maximum Gasteiger partial charge on any atom is 0.0608 e. The number of thiophene rings is 1. The quantitative estimate of drug-likeness (QED) is 0.443. The zero-order valence-electron chi connectivity index (χ0n) is 7.07. The van der Waals surface area contributed by atoms with E-state index >= 15 is 0 Å². The third kappa shape index (κ3) is 1.66. The zero-order chi connectivity index (χ0) is 9.42. The third-order valence-corrected chi connectivity index (χ3v) is 4.33. The first-order valence-corrected chi connectivity index (χ1v) is 6.25. The van der Waals surface area contributed by atoms with Gasteiger partial charge in [-0.25, -0.2) is 0 Å². The fourth-order valence-electron chi connectivity index (χ4n) is 1.22. The summed E-state index contributed by atoms with van der Waals surface area (Å²) in [6.45, 7) is 0. The molecule has 0 aliphatic heterocycles. The van der Waals surface area contributed by atoms with Gasteiger partial charge in [-0.15, -0.1) is 35.7 Å². The van der Waals surface area contributed by atoms with Crippen LogP contribution in [0.2, 0.25) is 0 Å². The molecule has 1 aromatic carbocycles. The first-order chi connectivity index (χ1) is 6.20. The topological polar surface area (TPSA) is 26.0 Å². The van der Waals surface area contributed by atoms with E-state index < -0.39 is 0 Å². The van der Waals surface area contributed by atoms with E-state index in [9.17, 15) is 0 Å². The van der Waals surface area contributed by atoms with Crippen molar-refractivity contribution in [3.05, 3.63) is 18.2 Å². The van der Waals surface area contributed by atoms with E-state index in [-0.39, 0.29) is 0 Å². The number of benzene rings is 1. The highest BCUT2D eigenvalue weighted by Gasteiger charge is 2.04. The van der Waals surface area contributed by atoms with E-state index in [0.717, 1.165) is 10.6 Å². The number of hydrogen-bond donors (Lipinski definition) is 2. The van der Waals surface area contributed by atoms with Gasteiger partial charge in [0.15, 0.2) is 0 Å². The van der Waals surface area contributed by atoms with E-state index in [1.54, 1.807) is 23.1 Å². The van der Waals surface area contributed by atoms with E-state index in [0.29, 0.717) is 0 Å². The van der Waals surface area contributed by atoms with Crippen LogP contribution in [0, 0.1) is 0 Å². The molecule has 0 saturated heterocycles. The molecule has 68 valence electrons. The second kappa shape index (κ2) is 3.44. The SMILES string of the molecule is CSc1cc2c(S)cc(N)cc2s1. The Labute approximate surface area is 90.7 Å². The van der Waals surface area contributed by atoms with Crippen LogP contribution in [-0.2, 0) is 0 Å². The zero-order valence-corrected chi connectivity index (χ0v) is 9.60. The fraction of sp³-hybridized carbons (Fsp3) is 0.111. The lowest BCUT2D eigenvalue weighted by atomic mass is 10.2. The molecule has 0 saturated carbocycles. The highest BCUT2D eigenvalue weighted by atomic mass is 32.2. The molecular weight excluding hydrogens is 218 g/mol. The standard InChI is InChI=1S/C9H9NS3/c1-12-9-4-6-7(11)2-5(10)3-8(6)13-9/h2-4,11H,10H2,1H3. The first-order valence-electron chi connectivity index (χ1n) is 3.76. The fourth-order valence-corrected chi connectivity index (χ4v) is 3.33. The Kier molecular flexibility index (Phi) is 2.45. The lowest BCUT2D eigenvalue weighted by molar-refractivity contribution is 1.57. The number of thiol groups is 1. The predicted octanol–water partition coefficient (Wildman–Crippen LogP) is 3.49. The second-order valence-electron chi connectivity index (χ2n) is 2.72. The first kappa shape index (κ1) is 9.24. The minimum Gasteiger partial charge on any atom is -0.399 e. The number of fused-ring (bicyclic) bond motifs is 1. The van der Waals surface area contributed by atoms with Crippen LogP contribution >= 0.6 is 35.7 Å². The Hall–Kier alpha value is -0.320. The van der Waals surface area contributed by atoms with Gasteiger partial charge in [-0.05, 0) is 24.5 Å². The van der Waals surface area contributed by atoms with Crippen molar-refractivity contribution in [1.29, 1.82) is 0 Å². The molecule has 2 aromatic rings. The molecule has 0 fully saturated rings. The number of hydrogen-bond acceptors (Lipinski definition) is 4. The minimum absolute atomic E-state index is 0.784. The molecule has 1 heterocycles. The average molecular weight is 227 g/mol. The van der Waals surface area contributed by atoms with Crippen LogP contribution in [0.5, 0.6) is 0 Å². The summed E-state index contributed by atoms with van der Waals surface area (Å²) in [7, 11) is 0. The Morgan fingerprint density at radius 3 is 2.85 bits per heavy atom. The maximum absolute atomic E-state index is 5.73. The summed E-state index contributed by atoms with van der Waals surface area (Å²) >= 11 is 7.90. The molecule has 0 atom stereocenters. The summed E-state index contributed by atoms with van der Waals surface area (Å²) in [5.74, 6) is 0. The van der Waals surface area contributed by atoms with E-state index in [2.05, 4.69) is 25.0 Å². The molecule has 0 unspecified atom stereocenters.